The van der Waals surface area contributed by atoms with Crippen molar-refractivity contribution in [3.05, 3.63) is 77.1 Å². The molecule has 0 atom stereocenters. The third-order valence-electron chi connectivity index (χ3n) is 4.45. The summed E-state index contributed by atoms with van der Waals surface area (Å²) >= 11 is 1.30. The number of hydrogen-bond acceptors (Lipinski definition) is 6. The first-order valence-corrected chi connectivity index (χ1v) is 10.3. The number of methoxy groups -OCH3 is 1. The molecule has 2 N–H and O–H groups in total. The van der Waals surface area contributed by atoms with Crippen LogP contribution in [0.15, 0.2) is 59.9 Å². The van der Waals surface area contributed by atoms with E-state index in [4.69, 9.17) is 0 Å². The summed E-state index contributed by atoms with van der Waals surface area (Å²) in [5.74, 6) is -0.459. The molecule has 1 heterocycles. The fraction of sp³-hybridized carbons (Fsp3) is 0.227. The topological polar surface area (TPSA) is 93.4 Å². The van der Waals surface area contributed by atoms with E-state index in [2.05, 4.69) is 15.0 Å². The van der Waals surface area contributed by atoms with Gasteiger partial charge >= 0.3 is 5.97 Å². The molecule has 2 aromatic carbocycles. The Morgan fingerprint density at radius 3 is 2.47 bits per heavy atom. The molecule has 3 rings (SSSR count). The van der Waals surface area contributed by atoms with Gasteiger partial charge in [0.15, 0.2) is 5.16 Å². The highest BCUT2D eigenvalue weighted by atomic mass is 32.2. The summed E-state index contributed by atoms with van der Waals surface area (Å²) in [6.07, 6.45) is 1.62. The fourth-order valence-corrected chi connectivity index (χ4v) is 3.61. The minimum Gasteiger partial charge on any atom is -0.465 e. The quantitative estimate of drug-likeness (QED) is 0.425. The number of nitrogens with one attached hydrogen (secondary N) is 1. The fourth-order valence-electron chi connectivity index (χ4n) is 2.81. The van der Waals surface area contributed by atoms with E-state index < -0.39 is 5.97 Å². The highest BCUT2D eigenvalue weighted by molar-refractivity contribution is 7.99. The number of carbonyl (C=O) groups is 2. The first-order valence-electron chi connectivity index (χ1n) is 9.32. The van der Waals surface area contributed by atoms with E-state index in [1.165, 1.54) is 24.4 Å². The number of hydrogen-bond donors (Lipinski definition) is 2. The monoisotopic (exact) mass is 425 g/mol. The van der Waals surface area contributed by atoms with Crippen LogP contribution in [0.4, 0.5) is 5.69 Å². The summed E-state index contributed by atoms with van der Waals surface area (Å²) in [6, 6.07) is 14.6. The van der Waals surface area contributed by atoms with Gasteiger partial charge in [0.1, 0.15) is 0 Å². The number of aryl methyl sites for hydroxylation is 1. The molecular weight excluding hydrogens is 402 g/mol. The van der Waals surface area contributed by atoms with E-state index in [1.54, 1.807) is 30.5 Å². The van der Waals surface area contributed by atoms with Crippen molar-refractivity contribution in [2.24, 2.45) is 0 Å². The molecule has 0 radical (unpaired) electrons. The number of carbonyl (C=O) groups excluding carboxylic acids is 2. The maximum Gasteiger partial charge on any atom is 0.337 e. The van der Waals surface area contributed by atoms with Gasteiger partial charge in [-0.25, -0.2) is 9.78 Å². The Bertz CT molecular complexity index is 1010. The molecule has 0 saturated carbocycles. The van der Waals surface area contributed by atoms with Crippen LogP contribution < -0.4 is 5.32 Å². The Labute approximate surface area is 179 Å². The van der Waals surface area contributed by atoms with Crippen LogP contribution in [0, 0.1) is 6.92 Å². The smallest absolute Gasteiger partial charge is 0.337 e. The number of imidazole rings is 1. The number of benzene rings is 2. The van der Waals surface area contributed by atoms with Crippen molar-refractivity contribution in [3.8, 4) is 0 Å². The Morgan fingerprint density at radius 2 is 1.83 bits per heavy atom. The summed E-state index contributed by atoms with van der Waals surface area (Å²) in [7, 11) is 1.32. The number of ether oxygens (including phenoxy) is 1. The molecule has 0 fully saturated rings. The Hall–Kier alpha value is -3.10. The SMILES string of the molecule is COC(=O)c1ccc(NC(=O)CSc2ncc(CO)n2Cc2ccc(C)cc2)cc1. The lowest BCUT2D eigenvalue weighted by Gasteiger charge is -2.11. The van der Waals surface area contributed by atoms with E-state index in [-0.39, 0.29) is 18.3 Å². The van der Waals surface area contributed by atoms with E-state index in [0.29, 0.717) is 28.6 Å². The number of rotatable bonds is 8. The zero-order chi connectivity index (χ0) is 21.5. The summed E-state index contributed by atoms with van der Waals surface area (Å²) in [5.41, 5.74) is 3.96. The van der Waals surface area contributed by atoms with Crippen LogP contribution in [0.2, 0.25) is 0 Å². The van der Waals surface area contributed by atoms with Crippen molar-refractivity contribution in [2.75, 3.05) is 18.2 Å². The average molecular weight is 426 g/mol. The molecule has 0 aliphatic heterocycles. The predicted octanol–water partition coefficient (Wildman–Crippen LogP) is 3.25. The molecule has 0 saturated heterocycles. The second-order valence-corrected chi connectivity index (χ2v) is 7.61. The van der Waals surface area contributed by atoms with Gasteiger partial charge in [0.25, 0.3) is 0 Å². The van der Waals surface area contributed by atoms with Gasteiger partial charge in [0, 0.05) is 12.2 Å². The molecule has 30 heavy (non-hydrogen) atoms. The lowest BCUT2D eigenvalue weighted by molar-refractivity contribution is -0.113. The minimum absolute atomic E-state index is 0.127. The molecule has 8 heteroatoms. The van der Waals surface area contributed by atoms with E-state index in [9.17, 15) is 14.7 Å². The van der Waals surface area contributed by atoms with Crippen molar-refractivity contribution in [3.63, 3.8) is 0 Å². The van der Waals surface area contributed by atoms with E-state index >= 15 is 0 Å². The van der Waals surface area contributed by atoms with Crippen LogP contribution in [0.5, 0.6) is 0 Å². The van der Waals surface area contributed by atoms with Crippen LogP contribution in [0.3, 0.4) is 0 Å². The number of amides is 1. The van der Waals surface area contributed by atoms with Crippen LogP contribution in [0.1, 0.15) is 27.2 Å². The van der Waals surface area contributed by atoms with Crippen LogP contribution in [-0.2, 0) is 22.7 Å². The molecule has 0 spiro atoms. The Kier molecular flexibility index (Phi) is 7.26. The Balaban J connectivity index is 1.62. The molecule has 3 aromatic rings. The van der Waals surface area contributed by atoms with Gasteiger partial charge in [0.05, 0.1) is 36.9 Å². The van der Waals surface area contributed by atoms with Crippen molar-refractivity contribution in [1.82, 2.24) is 9.55 Å². The first kappa shape index (κ1) is 21.6. The third kappa shape index (κ3) is 5.49. The van der Waals surface area contributed by atoms with Crippen molar-refractivity contribution >= 4 is 29.3 Å². The second kappa shape index (κ2) is 10.1. The maximum atomic E-state index is 12.3. The minimum atomic E-state index is -0.427. The number of aliphatic hydroxyl groups excluding tert-OH is 1. The predicted molar refractivity (Wildman–Crippen MR) is 116 cm³/mol. The summed E-state index contributed by atoms with van der Waals surface area (Å²) in [5, 5.41) is 13.1. The molecule has 0 bridgehead atoms. The number of esters is 1. The second-order valence-electron chi connectivity index (χ2n) is 6.67. The largest absolute Gasteiger partial charge is 0.465 e. The maximum absolute atomic E-state index is 12.3. The van der Waals surface area contributed by atoms with E-state index in [1.807, 2.05) is 35.8 Å². The van der Waals surface area contributed by atoms with Crippen molar-refractivity contribution in [2.45, 2.75) is 25.2 Å². The average Bonchev–Trinajstić information content (AvgIpc) is 3.15. The molecule has 0 aliphatic carbocycles. The molecule has 0 aliphatic rings. The first-order chi connectivity index (χ1) is 14.5. The summed E-state index contributed by atoms with van der Waals surface area (Å²) in [6.45, 7) is 2.47. The van der Waals surface area contributed by atoms with Crippen LogP contribution >= 0.6 is 11.8 Å². The third-order valence-corrected chi connectivity index (χ3v) is 5.44. The van der Waals surface area contributed by atoms with Gasteiger partial charge in [-0.1, -0.05) is 41.6 Å². The summed E-state index contributed by atoms with van der Waals surface area (Å²) in [4.78, 5) is 28.2. The highest BCUT2D eigenvalue weighted by Gasteiger charge is 2.13. The summed E-state index contributed by atoms with van der Waals surface area (Å²) < 4.78 is 6.57. The highest BCUT2D eigenvalue weighted by Crippen LogP contribution is 2.21. The van der Waals surface area contributed by atoms with Gasteiger partial charge in [-0.15, -0.1) is 0 Å². The molecule has 1 aromatic heterocycles. The molecule has 156 valence electrons. The van der Waals surface area contributed by atoms with Crippen molar-refractivity contribution < 1.29 is 19.4 Å². The Morgan fingerprint density at radius 1 is 1.13 bits per heavy atom. The van der Waals surface area contributed by atoms with Gasteiger partial charge in [-0.05, 0) is 36.8 Å². The van der Waals surface area contributed by atoms with Crippen molar-refractivity contribution in [1.29, 1.82) is 0 Å². The molecule has 7 nitrogen and oxygen atoms in total. The number of nitrogens with zero attached hydrogens (tertiary/aromatic N) is 2. The lowest BCUT2D eigenvalue weighted by atomic mass is 10.1. The zero-order valence-electron chi connectivity index (χ0n) is 16.8. The lowest BCUT2D eigenvalue weighted by Crippen LogP contribution is -2.15. The normalized spacial score (nSPS) is 10.6. The van der Waals surface area contributed by atoms with Gasteiger partial charge in [-0.3, -0.25) is 4.79 Å². The number of thioether (sulfide) groups is 1. The number of anilines is 1. The standard InChI is InChI=1S/C22H23N3O4S/c1-15-3-5-16(6-4-15)12-25-19(13-26)11-23-22(25)30-14-20(27)24-18-9-7-17(8-10-18)21(28)29-2/h3-11,26H,12-14H2,1-2H3,(H,24,27). The van der Waals surface area contributed by atoms with Crippen LogP contribution in [-0.4, -0.2) is 39.4 Å². The molecule has 0 unspecified atom stereocenters. The number of aromatic nitrogens is 2. The van der Waals surface area contributed by atoms with Gasteiger partial charge in [0.2, 0.25) is 5.91 Å². The van der Waals surface area contributed by atoms with Gasteiger partial charge in [-0.2, -0.15) is 0 Å². The molecular formula is C22H23N3O4S. The number of aliphatic hydroxyl groups is 1. The van der Waals surface area contributed by atoms with Crippen LogP contribution in [0.25, 0.3) is 0 Å². The van der Waals surface area contributed by atoms with E-state index in [0.717, 1.165) is 5.56 Å². The molecule has 1 amide bonds. The van der Waals surface area contributed by atoms with Gasteiger partial charge < -0.3 is 19.7 Å². The zero-order valence-corrected chi connectivity index (χ0v) is 17.6.